The number of aliphatic hydroxyl groups excluding tert-OH is 1. The number of nitrogens with one attached hydrogen (secondary N) is 2. The van der Waals surface area contributed by atoms with Crippen LogP contribution in [0.25, 0.3) is 11.1 Å². The van der Waals surface area contributed by atoms with Crippen LogP contribution < -0.4 is 10.6 Å². The molecule has 0 aromatic heterocycles. The maximum atomic E-state index is 12.5. The minimum absolute atomic E-state index is 0.331. The molecule has 2 aromatic carbocycles. The van der Waals surface area contributed by atoms with Gasteiger partial charge in [0.1, 0.15) is 6.04 Å². The lowest BCUT2D eigenvalue weighted by Crippen LogP contribution is -2.49. The number of benzene rings is 2. The highest BCUT2D eigenvalue weighted by molar-refractivity contribution is 5.97. The van der Waals surface area contributed by atoms with Gasteiger partial charge in [-0.25, -0.2) is 0 Å². The summed E-state index contributed by atoms with van der Waals surface area (Å²) in [6.07, 6.45) is 5.94. The Morgan fingerprint density at radius 1 is 0.929 bits per heavy atom. The summed E-state index contributed by atoms with van der Waals surface area (Å²) in [5, 5.41) is 15.1. The third-order valence-corrected chi connectivity index (χ3v) is 5.35. The second-order valence-corrected chi connectivity index (χ2v) is 7.40. The van der Waals surface area contributed by atoms with Gasteiger partial charge in [0.25, 0.3) is 5.91 Å². The molecule has 1 atom stereocenters. The smallest absolute Gasteiger partial charge is 0.251 e. The van der Waals surface area contributed by atoms with Crippen LogP contribution in [0, 0.1) is 5.92 Å². The molecule has 3 N–H and O–H groups in total. The van der Waals surface area contributed by atoms with Crippen LogP contribution in [-0.4, -0.2) is 36.1 Å². The van der Waals surface area contributed by atoms with Crippen molar-refractivity contribution in [1.82, 2.24) is 10.6 Å². The first-order chi connectivity index (χ1) is 13.7. The van der Waals surface area contributed by atoms with E-state index in [2.05, 4.69) is 10.6 Å². The molecule has 0 heterocycles. The van der Waals surface area contributed by atoms with Crippen LogP contribution >= 0.6 is 0 Å². The standard InChI is InChI=1S/C23H28N2O3/c26-16-21(23(28)24-15-17-7-3-1-4-8-17)25-22(27)20-13-11-19(12-14-20)18-9-5-2-6-10-18/h2,5-6,9-14,17,21,26H,1,3-4,7-8,15-16H2,(H,24,28)(H,25,27)/t21-/m0/s1. The van der Waals surface area contributed by atoms with Crippen molar-refractivity contribution in [3.05, 3.63) is 60.2 Å². The van der Waals surface area contributed by atoms with Crippen molar-refractivity contribution < 1.29 is 14.7 Å². The molecule has 0 aliphatic heterocycles. The van der Waals surface area contributed by atoms with E-state index in [1.54, 1.807) is 12.1 Å². The normalized spacial score (nSPS) is 15.6. The summed E-state index contributed by atoms with van der Waals surface area (Å²) in [4.78, 5) is 24.8. The zero-order valence-electron chi connectivity index (χ0n) is 16.1. The summed E-state index contributed by atoms with van der Waals surface area (Å²) in [7, 11) is 0. The van der Waals surface area contributed by atoms with Crippen LogP contribution in [0.2, 0.25) is 0 Å². The molecular weight excluding hydrogens is 352 g/mol. The van der Waals surface area contributed by atoms with E-state index in [0.29, 0.717) is 18.0 Å². The molecule has 0 unspecified atom stereocenters. The molecule has 148 valence electrons. The molecule has 5 nitrogen and oxygen atoms in total. The van der Waals surface area contributed by atoms with Gasteiger partial charge in [-0.2, -0.15) is 0 Å². The lowest BCUT2D eigenvalue weighted by Gasteiger charge is -2.23. The second-order valence-electron chi connectivity index (χ2n) is 7.40. The van der Waals surface area contributed by atoms with E-state index >= 15 is 0 Å². The highest BCUT2D eigenvalue weighted by Gasteiger charge is 2.22. The Bertz CT molecular complexity index is 768. The lowest BCUT2D eigenvalue weighted by atomic mass is 9.89. The number of amides is 2. The summed E-state index contributed by atoms with van der Waals surface area (Å²) >= 11 is 0. The first-order valence-electron chi connectivity index (χ1n) is 10.0. The molecule has 0 spiro atoms. The molecule has 0 bridgehead atoms. The molecule has 2 amide bonds. The molecule has 28 heavy (non-hydrogen) atoms. The minimum Gasteiger partial charge on any atom is -0.394 e. The van der Waals surface area contributed by atoms with Crippen LogP contribution in [0.5, 0.6) is 0 Å². The fourth-order valence-electron chi connectivity index (χ4n) is 3.64. The molecule has 0 saturated heterocycles. The first kappa shape index (κ1) is 20.1. The Morgan fingerprint density at radius 3 is 2.21 bits per heavy atom. The lowest BCUT2D eigenvalue weighted by molar-refractivity contribution is -0.124. The zero-order chi connectivity index (χ0) is 19.8. The van der Waals surface area contributed by atoms with E-state index in [1.165, 1.54) is 19.3 Å². The van der Waals surface area contributed by atoms with E-state index in [4.69, 9.17) is 0 Å². The number of hydrogen-bond acceptors (Lipinski definition) is 3. The van der Waals surface area contributed by atoms with E-state index in [0.717, 1.165) is 24.0 Å². The third-order valence-electron chi connectivity index (χ3n) is 5.35. The van der Waals surface area contributed by atoms with Crippen molar-refractivity contribution in [2.75, 3.05) is 13.2 Å². The number of carbonyl (C=O) groups excluding carboxylic acids is 2. The highest BCUT2D eigenvalue weighted by Crippen LogP contribution is 2.22. The summed E-state index contributed by atoms with van der Waals surface area (Å²) in [6.45, 7) is 0.182. The maximum Gasteiger partial charge on any atom is 0.251 e. The molecule has 5 heteroatoms. The largest absolute Gasteiger partial charge is 0.394 e. The number of rotatable bonds is 7. The molecule has 1 aliphatic rings. The van der Waals surface area contributed by atoms with Crippen LogP contribution in [0.4, 0.5) is 0 Å². The van der Waals surface area contributed by atoms with Crippen molar-refractivity contribution in [2.45, 2.75) is 38.1 Å². The monoisotopic (exact) mass is 380 g/mol. The van der Waals surface area contributed by atoms with Gasteiger partial charge in [-0.1, -0.05) is 61.7 Å². The maximum absolute atomic E-state index is 12.5. The van der Waals surface area contributed by atoms with E-state index in [-0.39, 0.29) is 11.8 Å². The van der Waals surface area contributed by atoms with E-state index < -0.39 is 12.6 Å². The SMILES string of the molecule is O=C(N[C@@H](CO)C(=O)NCC1CCCCC1)c1ccc(-c2ccccc2)cc1. The van der Waals surface area contributed by atoms with Crippen molar-refractivity contribution >= 4 is 11.8 Å². The Kier molecular flexibility index (Phi) is 7.20. The Balaban J connectivity index is 1.54. The molecule has 2 aromatic rings. The van der Waals surface area contributed by atoms with Gasteiger partial charge in [0, 0.05) is 12.1 Å². The summed E-state index contributed by atoms with van der Waals surface area (Å²) < 4.78 is 0. The Hall–Kier alpha value is -2.66. The molecule has 3 rings (SSSR count). The van der Waals surface area contributed by atoms with Gasteiger partial charge in [-0.3, -0.25) is 9.59 Å². The average molecular weight is 380 g/mol. The molecule has 0 radical (unpaired) electrons. The first-order valence-corrected chi connectivity index (χ1v) is 10.0. The predicted octanol–water partition coefficient (Wildman–Crippen LogP) is 3.14. The van der Waals surface area contributed by atoms with Gasteiger partial charge >= 0.3 is 0 Å². The fourth-order valence-corrected chi connectivity index (χ4v) is 3.64. The van der Waals surface area contributed by atoms with Gasteiger partial charge in [0.05, 0.1) is 6.61 Å². The van der Waals surface area contributed by atoms with Gasteiger partial charge in [0.2, 0.25) is 5.91 Å². The van der Waals surface area contributed by atoms with Crippen molar-refractivity contribution in [2.24, 2.45) is 5.92 Å². The highest BCUT2D eigenvalue weighted by atomic mass is 16.3. The number of carbonyl (C=O) groups is 2. The van der Waals surface area contributed by atoms with Gasteiger partial charge in [0.15, 0.2) is 0 Å². The molecular formula is C23H28N2O3. The van der Waals surface area contributed by atoms with Gasteiger partial charge in [-0.05, 0) is 42.0 Å². The summed E-state index contributed by atoms with van der Waals surface area (Å²) in [6, 6.07) is 16.2. The van der Waals surface area contributed by atoms with Crippen molar-refractivity contribution in [3.8, 4) is 11.1 Å². The zero-order valence-corrected chi connectivity index (χ0v) is 16.1. The van der Waals surface area contributed by atoms with E-state index in [9.17, 15) is 14.7 Å². The quantitative estimate of drug-likeness (QED) is 0.690. The number of hydrogen-bond donors (Lipinski definition) is 3. The van der Waals surface area contributed by atoms with Crippen LogP contribution in [0.1, 0.15) is 42.5 Å². The average Bonchev–Trinajstić information content (AvgIpc) is 2.77. The Morgan fingerprint density at radius 2 is 1.57 bits per heavy atom. The fraction of sp³-hybridized carbons (Fsp3) is 0.391. The third kappa shape index (κ3) is 5.42. The van der Waals surface area contributed by atoms with E-state index in [1.807, 2.05) is 42.5 Å². The van der Waals surface area contributed by atoms with Gasteiger partial charge < -0.3 is 15.7 Å². The minimum atomic E-state index is -0.940. The summed E-state index contributed by atoms with van der Waals surface area (Å²) in [5.74, 6) is -0.202. The molecule has 1 fully saturated rings. The van der Waals surface area contributed by atoms with Crippen molar-refractivity contribution in [1.29, 1.82) is 0 Å². The predicted molar refractivity (Wildman–Crippen MR) is 110 cm³/mol. The summed E-state index contributed by atoms with van der Waals surface area (Å²) in [5.41, 5.74) is 2.55. The van der Waals surface area contributed by atoms with Crippen LogP contribution in [0.15, 0.2) is 54.6 Å². The van der Waals surface area contributed by atoms with Gasteiger partial charge in [-0.15, -0.1) is 0 Å². The molecule has 1 saturated carbocycles. The van der Waals surface area contributed by atoms with Crippen LogP contribution in [0.3, 0.4) is 0 Å². The second kappa shape index (κ2) is 10.0. The number of aliphatic hydroxyl groups is 1. The topological polar surface area (TPSA) is 78.4 Å². The Labute approximate surface area is 166 Å². The van der Waals surface area contributed by atoms with Crippen LogP contribution in [-0.2, 0) is 4.79 Å². The van der Waals surface area contributed by atoms with Crippen molar-refractivity contribution in [3.63, 3.8) is 0 Å². The molecule has 1 aliphatic carbocycles.